The fourth-order valence-electron chi connectivity index (χ4n) is 6.30. The molecule has 0 aromatic carbocycles. The van der Waals surface area contributed by atoms with Gasteiger partial charge in [-0.15, -0.1) is 0 Å². The van der Waals surface area contributed by atoms with Crippen molar-refractivity contribution >= 4 is 17.8 Å². The lowest BCUT2D eigenvalue weighted by Gasteiger charge is -2.51. The molecule has 0 saturated carbocycles. The van der Waals surface area contributed by atoms with E-state index in [9.17, 15) is 70.6 Å². The van der Waals surface area contributed by atoms with Crippen molar-refractivity contribution in [2.75, 3.05) is 13.2 Å². The predicted octanol–water partition coefficient (Wildman–Crippen LogP) is -8.34. The summed E-state index contributed by atoms with van der Waals surface area (Å²) in [6.07, 6.45) is -32.7. The Morgan fingerprint density at radius 1 is 0.569 bits per heavy atom. The monoisotopic (exact) mass is 746 g/mol. The lowest BCUT2D eigenvalue weighted by Crippen LogP contribution is -2.71. The van der Waals surface area contributed by atoms with Crippen molar-refractivity contribution in [2.45, 2.75) is 143 Å². The molecule has 4 rings (SSSR count). The van der Waals surface area contributed by atoms with Crippen molar-refractivity contribution < 1.29 is 104 Å². The van der Waals surface area contributed by atoms with Crippen LogP contribution >= 0.6 is 0 Å². The number of carbonyl (C=O) groups excluding carboxylic acids is 2. The SMILES string of the molecule is CC(=O)N[C@@H]1[C@H](O[C@H]2[C@H](O)[C@@H](CO)O[C@H](O)[C@@H]2NC(C)=O)O[C@@H](C)[C@@H](O[C@@H]2O[C@H](C(=O)O)[C@@H](O)[C@H](O)[C@H]2O)[C@H]1O[C@H]1O[C@H](CO)[C@H](O)[C@H](O)[C@H]1O. The minimum atomic E-state index is -2.11. The van der Waals surface area contributed by atoms with Gasteiger partial charge in [0.2, 0.25) is 11.8 Å². The van der Waals surface area contributed by atoms with Crippen molar-refractivity contribution in [1.29, 1.82) is 0 Å². The molecule has 0 radical (unpaired) electrons. The maximum Gasteiger partial charge on any atom is 0.335 e. The maximum atomic E-state index is 12.6. The number of hydrogen-bond acceptors (Lipinski definition) is 20. The number of ether oxygens (including phenoxy) is 7. The van der Waals surface area contributed by atoms with Gasteiger partial charge >= 0.3 is 5.97 Å². The molecule has 0 aromatic heterocycles. The van der Waals surface area contributed by atoms with Crippen LogP contribution < -0.4 is 10.6 Å². The second-order valence-corrected chi connectivity index (χ2v) is 12.6. The Bertz CT molecular complexity index is 1200. The van der Waals surface area contributed by atoms with E-state index < -0.39 is 154 Å². The minimum Gasteiger partial charge on any atom is -0.479 e. The Morgan fingerprint density at radius 3 is 1.61 bits per heavy atom. The van der Waals surface area contributed by atoms with Gasteiger partial charge in [0.25, 0.3) is 0 Å². The van der Waals surface area contributed by atoms with Crippen LogP contribution in [-0.2, 0) is 47.5 Å². The molecule has 294 valence electrons. The van der Waals surface area contributed by atoms with Crippen LogP contribution in [0.5, 0.6) is 0 Å². The summed E-state index contributed by atoms with van der Waals surface area (Å²) in [6, 6.07) is -3.14. The molecule has 0 bridgehead atoms. The highest BCUT2D eigenvalue weighted by Crippen LogP contribution is 2.35. The van der Waals surface area contributed by atoms with E-state index in [4.69, 9.17) is 33.2 Å². The Balaban J connectivity index is 1.75. The first-order valence-corrected chi connectivity index (χ1v) is 15.9. The summed E-state index contributed by atoms with van der Waals surface area (Å²) >= 11 is 0. The Morgan fingerprint density at radius 2 is 1.06 bits per heavy atom. The van der Waals surface area contributed by atoms with Crippen LogP contribution in [0, 0.1) is 0 Å². The highest BCUT2D eigenvalue weighted by molar-refractivity contribution is 5.74. The maximum absolute atomic E-state index is 12.6. The van der Waals surface area contributed by atoms with Gasteiger partial charge in [0, 0.05) is 13.8 Å². The van der Waals surface area contributed by atoms with Crippen LogP contribution in [-0.4, -0.2) is 210 Å². The molecule has 51 heavy (non-hydrogen) atoms. The highest BCUT2D eigenvalue weighted by atomic mass is 16.8. The normalized spacial score (nSPS) is 47.7. The molecular formula is C28H46N2O21. The highest BCUT2D eigenvalue weighted by Gasteiger charge is 2.56. The van der Waals surface area contributed by atoms with Gasteiger partial charge in [-0.1, -0.05) is 0 Å². The lowest BCUT2D eigenvalue weighted by atomic mass is 9.93. The molecule has 0 aromatic rings. The number of rotatable bonds is 11. The topological polar surface area (TPSA) is 362 Å². The van der Waals surface area contributed by atoms with Crippen LogP contribution in [0.1, 0.15) is 20.8 Å². The van der Waals surface area contributed by atoms with Gasteiger partial charge in [0.15, 0.2) is 31.3 Å². The summed E-state index contributed by atoms with van der Waals surface area (Å²) < 4.78 is 39.9. The van der Waals surface area contributed by atoms with E-state index in [-0.39, 0.29) is 0 Å². The van der Waals surface area contributed by atoms with E-state index in [1.54, 1.807) is 0 Å². The van der Waals surface area contributed by atoms with Gasteiger partial charge in [-0.2, -0.15) is 0 Å². The first-order valence-electron chi connectivity index (χ1n) is 15.9. The molecule has 4 heterocycles. The van der Waals surface area contributed by atoms with Crippen molar-refractivity contribution in [3.63, 3.8) is 0 Å². The molecule has 4 saturated heterocycles. The van der Waals surface area contributed by atoms with Crippen LogP contribution in [0.3, 0.4) is 0 Å². The van der Waals surface area contributed by atoms with Gasteiger partial charge in [0.1, 0.15) is 85.3 Å². The summed E-state index contributed by atoms with van der Waals surface area (Å²) in [6.45, 7) is 1.78. The molecule has 0 aliphatic carbocycles. The first kappa shape index (κ1) is 41.5. The van der Waals surface area contributed by atoms with Crippen LogP contribution in [0.4, 0.5) is 0 Å². The van der Waals surface area contributed by atoms with E-state index in [1.807, 2.05) is 0 Å². The summed E-state index contributed by atoms with van der Waals surface area (Å²) in [5.41, 5.74) is 0. The Labute approximate surface area is 289 Å². The molecule has 0 unspecified atom stereocenters. The second kappa shape index (κ2) is 17.3. The van der Waals surface area contributed by atoms with E-state index >= 15 is 0 Å². The third kappa shape index (κ3) is 8.93. The quantitative estimate of drug-likeness (QED) is 0.0933. The smallest absolute Gasteiger partial charge is 0.335 e. The Kier molecular flexibility index (Phi) is 14.0. The number of aliphatic hydroxyl groups is 10. The number of carbonyl (C=O) groups is 3. The van der Waals surface area contributed by atoms with Crippen molar-refractivity contribution in [3.8, 4) is 0 Å². The van der Waals surface area contributed by atoms with Crippen molar-refractivity contribution in [1.82, 2.24) is 10.6 Å². The number of carboxylic acid groups (broad SMARTS) is 1. The molecule has 4 aliphatic heterocycles. The number of carboxylic acids is 1. The third-order valence-corrected chi connectivity index (χ3v) is 8.93. The average molecular weight is 747 g/mol. The van der Waals surface area contributed by atoms with Crippen LogP contribution in [0.25, 0.3) is 0 Å². The molecular weight excluding hydrogens is 700 g/mol. The van der Waals surface area contributed by atoms with E-state index in [0.29, 0.717) is 0 Å². The molecule has 13 N–H and O–H groups in total. The van der Waals surface area contributed by atoms with E-state index in [2.05, 4.69) is 10.6 Å². The fraction of sp³-hybridized carbons (Fsp3) is 0.893. The molecule has 4 fully saturated rings. The van der Waals surface area contributed by atoms with Gasteiger partial charge in [-0.3, -0.25) is 9.59 Å². The molecule has 4 aliphatic rings. The minimum absolute atomic E-state index is 0.697. The molecule has 23 heteroatoms. The first-order chi connectivity index (χ1) is 23.9. The summed E-state index contributed by atoms with van der Waals surface area (Å²) in [7, 11) is 0. The van der Waals surface area contributed by atoms with Crippen LogP contribution in [0.15, 0.2) is 0 Å². The van der Waals surface area contributed by atoms with Gasteiger partial charge < -0.3 is 100.0 Å². The van der Waals surface area contributed by atoms with Crippen LogP contribution in [0.2, 0.25) is 0 Å². The number of hydrogen-bond donors (Lipinski definition) is 13. The lowest BCUT2D eigenvalue weighted by molar-refractivity contribution is -0.377. The fourth-order valence-corrected chi connectivity index (χ4v) is 6.30. The van der Waals surface area contributed by atoms with Crippen molar-refractivity contribution in [2.24, 2.45) is 0 Å². The number of amides is 2. The molecule has 2 amide bonds. The summed E-state index contributed by atoms with van der Waals surface area (Å²) in [4.78, 5) is 36.4. The van der Waals surface area contributed by atoms with Gasteiger partial charge in [-0.05, 0) is 6.92 Å². The van der Waals surface area contributed by atoms with E-state index in [0.717, 1.165) is 13.8 Å². The standard InChI is InChI=1S/C28H46N2O21/c1-6-20(48-28-19(41)16(38)17(39)23(51-28)24(42)43)22(50-27-18(40)15(37)13(35)9(4-31)47-27)12(30-8(3)34)26(45-6)49-21-11(29-7(2)33)25(44)46-10(5-32)14(21)36/h6,9-23,25-28,31-32,35-41,44H,4-5H2,1-3H3,(H,29,33)(H,30,34)(H,42,43)/t6-,9+,10+,11+,12-,13-,14+,15-,16-,17-,18+,19+,20+,21+,22-,23-,25-,26-,27+,28+/m0/s1. The third-order valence-electron chi connectivity index (χ3n) is 8.93. The molecule has 20 atom stereocenters. The average Bonchev–Trinajstić information content (AvgIpc) is 3.06. The molecule has 23 nitrogen and oxygen atoms in total. The second-order valence-electron chi connectivity index (χ2n) is 12.6. The van der Waals surface area contributed by atoms with Crippen molar-refractivity contribution in [3.05, 3.63) is 0 Å². The largest absolute Gasteiger partial charge is 0.479 e. The zero-order valence-corrected chi connectivity index (χ0v) is 27.5. The predicted molar refractivity (Wildman–Crippen MR) is 156 cm³/mol. The summed E-state index contributed by atoms with van der Waals surface area (Å²) in [5, 5.41) is 118. The molecule has 0 spiro atoms. The zero-order valence-electron chi connectivity index (χ0n) is 27.5. The summed E-state index contributed by atoms with van der Waals surface area (Å²) in [5.74, 6) is -3.22. The number of nitrogens with one attached hydrogen (secondary N) is 2. The van der Waals surface area contributed by atoms with E-state index in [1.165, 1.54) is 6.92 Å². The number of aliphatic carboxylic acids is 1. The Hall–Kier alpha value is -2.27. The zero-order chi connectivity index (χ0) is 38.1. The van der Waals surface area contributed by atoms with Gasteiger partial charge in [-0.25, -0.2) is 4.79 Å². The number of aliphatic hydroxyl groups excluding tert-OH is 10. The van der Waals surface area contributed by atoms with Gasteiger partial charge in [0.05, 0.1) is 19.3 Å².